The largest absolute Gasteiger partial charge is 0.386 e. The topological polar surface area (TPSA) is 74.6 Å². The van der Waals surface area contributed by atoms with Crippen LogP contribution in [0, 0.1) is 11.8 Å². The summed E-state index contributed by atoms with van der Waals surface area (Å²) in [5.41, 5.74) is -1.36. The summed E-state index contributed by atoms with van der Waals surface area (Å²) in [7, 11) is 0. The number of ketones is 2. The van der Waals surface area contributed by atoms with Gasteiger partial charge in [-0.2, -0.15) is 0 Å². The van der Waals surface area contributed by atoms with E-state index in [-0.39, 0.29) is 23.4 Å². The van der Waals surface area contributed by atoms with Gasteiger partial charge in [-0.05, 0) is 48.0 Å². The number of carbonyl (C=O) groups excluding carboxylic acids is 2. The lowest BCUT2D eigenvalue weighted by Gasteiger charge is -2.32. The van der Waals surface area contributed by atoms with Crippen LogP contribution >= 0.6 is 0 Å². The molecule has 0 bridgehead atoms. The van der Waals surface area contributed by atoms with E-state index >= 15 is 0 Å². The molecule has 4 rings (SSSR count). The minimum absolute atomic E-state index is 0.0128. The average molecular weight is 246 g/mol. The molecule has 2 fully saturated rings. The maximum Gasteiger partial charge on any atom is 0.156 e. The van der Waals surface area contributed by atoms with Gasteiger partial charge in [-0.15, -0.1) is 0 Å². The Hall–Kier alpha value is -1.26. The molecular weight excluding hydrogens is 232 g/mol. The molecule has 0 radical (unpaired) electrons. The lowest BCUT2D eigenvalue weighted by Crippen LogP contribution is -2.47. The van der Waals surface area contributed by atoms with Crippen LogP contribution < -0.4 is 0 Å². The fraction of sp³-hybridized carbons (Fsp3) is 0.571. The Bertz CT molecular complexity index is 512. The van der Waals surface area contributed by atoms with Gasteiger partial charge in [-0.25, -0.2) is 0 Å². The zero-order valence-electron chi connectivity index (χ0n) is 9.85. The molecule has 0 saturated heterocycles. The average Bonchev–Trinajstić information content (AvgIpc) is 2.88. The summed E-state index contributed by atoms with van der Waals surface area (Å²) in [6.45, 7) is 0. The van der Waals surface area contributed by atoms with Crippen molar-refractivity contribution >= 4 is 11.6 Å². The fourth-order valence-corrected chi connectivity index (χ4v) is 4.47. The van der Waals surface area contributed by atoms with E-state index in [0.29, 0.717) is 36.8 Å². The molecule has 0 amide bonds. The van der Waals surface area contributed by atoms with Gasteiger partial charge in [0.05, 0.1) is 0 Å². The molecule has 18 heavy (non-hydrogen) atoms. The van der Waals surface area contributed by atoms with E-state index in [2.05, 4.69) is 0 Å². The zero-order chi connectivity index (χ0) is 12.7. The van der Waals surface area contributed by atoms with Crippen LogP contribution in [0.5, 0.6) is 0 Å². The first-order valence-electron chi connectivity index (χ1n) is 6.38. The van der Waals surface area contributed by atoms with Crippen molar-refractivity contribution in [2.45, 2.75) is 36.9 Å². The lowest BCUT2D eigenvalue weighted by molar-refractivity contribution is -0.115. The molecule has 4 atom stereocenters. The predicted octanol–water partition coefficient (Wildman–Crippen LogP) is 0.287. The van der Waals surface area contributed by atoms with Gasteiger partial charge >= 0.3 is 0 Å². The zero-order valence-corrected chi connectivity index (χ0v) is 9.85. The second-order valence-corrected chi connectivity index (χ2v) is 6.08. The van der Waals surface area contributed by atoms with Gasteiger partial charge in [0, 0.05) is 12.8 Å². The quantitative estimate of drug-likeness (QED) is 0.644. The molecule has 4 aliphatic carbocycles. The summed E-state index contributed by atoms with van der Waals surface area (Å²) >= 11 is 0. The van der Waals surface area contributed by atoms with Crippen LogP contribution in [0.4, 0.5) is 0 Å². The van der Waals surface area contributed by atoms with Crippen LogP contribution in [0.15, 0.2) is 23.3 Å². The first kappa shape index (κ1) is 10.6. The van der Waals surface area contributed by atoms with E-state index in [1.54, 1.807) is 0 Å². The Morgan fingerprint density at radius 3 is 1.83 bits per heavy atom. The highest BCUT2D eigenvalue weighted by Crippen LogP contribution is 2.63. The molecule has 4 heteroatoms. The number of hydrogen-bond acceptors (Lipinski definition) is 4. The normalized spacial score (nSPS) is 49.0. The molecule has 2 N–H and O–H groups in total. The molecule has 0 aromatic heterocycles. The van der Waals surface area contributed by atoms with Crippen molar-refractivity contribution in [1.29, 1.82) is 0 Å². The first-order chi connectivity index (χ1) is 8.44. The number of fused-ring (bicyclic) bond motifs is 5. The SMILES string of the molecule is O=C1C=C2[C@H](C1)CC1(O)C[C@@H]3CC(=O)C=C3C21O. The third kappa shape index (κ3) is 0.964. The second-order valence-electron chi connectivity index (χ2n) is 6.08. The minimum Gasteiger partial charge on any atom is -0.386 e. The van der Waals surface area contributed by atoms with Crippen LogP contribution in [0.2, 0.25) is 0 Å². The van der Waals surface area contributed by atoms with Crippen molar-refractivity contribution in [2.24, 2.45) is 11.8 Å². The highest BCUT2D eigenvalue weighted by molar-refractivity contribution is 5.97. The van der Waals surface area contributed by atoms with Crippen molar-refractivity contribution in [2.75, 3.05) is 0 Å². The molecule has 0 aromatic rings. The molecule has 0 aromatic carbocycles. The highest BCUT2D eigenvalue weighted by Gasteiger charge is 2.69. The smallest absolute Gasteiger partial charge is 0.156 e. The Kier molecular flexibility index (Phi) is 1.68. The standard InChI is InChI=1S/C14H14O4/c15-9-1-7-5-13(17)6-8-2-10(16)4-12(8)14(13,18)11(7)3-9/h3-4,7-8,17-18H,1-2,5-6H2/t7-,8+,13?,14?. The van der Waals surface area contributed by atoms with Crippen molar-refractivity contribution in [3.63, 3.8) is 0 Å². The van der Waals surface area contributed by atoms with Gasteiger partial charge in [0.25, 0.3) is 0 Å². The minimum atomic E-state index is -1.46. The van der Waals surface area contributed by atoms with Crippen molar-refractivity contribution in [3.05, 3.63) is 23.3 Å². The summed E-state index contributed by atoms with van der Waals surface area (Å²) in [6.07, 6.45) is 4.59. The predicted molar refractivity (Wildman–Crippen MR) is 61.5 cm³/mol. The number of rotatable bonds is 0. The summed E-state index contributed by atoms with van der Waals surface area (Å²) in [5, 5.41) is 21.7. The highest BCUT2D eigenvalue weighted by atomic mass is 16.4. The molecule has 0 spiro atoms. The Morgan fingerprint density at radius 1 is 0.944 bits per heavy atom. The van der Waals surface area contributed by atoms with Crippen LogP contribution in [-0.4, -0.2) is 33.0 Å². The Labute approximate surface area is 104 Å². The number of carbonyl (C=O) groups is 2. The van der Waals surface area contributed by atoms with E-state index < -0.39 is 11.2 Å². The molecule has 0 heterocycles. The van der Waals surface area contributed by atoms with Crippen LogP contribution in [0.1, 0.15) is 25.7 Å². The van der Waals surface area contributed by atoms with Crippen molar-refractivity contribution < 1.29 is 19.8 Å². The molecule has 0 aliphatic heterocycles. The van der Waals surface area contributed by atoms with Gasteiger partial charge in [0.2, 0.25) is 0 Å². The van der Waals surface area contributed by atoms with Gasteiger partial charge < -0.3 is 10.2 Å². The first-order valence-corrected chi connectivity index (χ1v) is 6.38. The number of allylic oxidation sites excluding steroid dienone is 2. The maximum atomic E-state index is 11.5. The third-order valence-electron chi connectivity index (χ3n) is 5.08. The van der Waals surface area contributed by atoms with Gasteiger partial charge in [0.15, 0.2) is 11.6 Å². The summed E-state index contributed by atoms with van der Waals surface area (Å²) in [6, 6.07) is 0. The van der Waals surface area contributed by atoms with Crippen molar-refractivity contribution in [1.82, 2.24) is 0 Å². The fourth-order valence-electron chi connectivity index (χ4n) is 4.47. The van der Waals surface area contributed by atoms with E-state index in [4.69, 9.17) is 0 Å². The molecule has 4 aliphatic rings. The molecule has 2 saturated carbocycles. The van der Waals surface area contributed by atoms with E-state index in [9.17, 15) is 19.8 Å². The van der Waals surface area contributed by atoms with Crippen LogP contribution in [0.3, 0.4) is 0 Å². The second kappa shape index (κ2) is 2.83. The molecule has 94 valence electrons. The monoisotopic (exact) mass is 246 g/mol. The summed E-state index contributed by atoms with van der Waals surface area (Å²) < 4.78 is 0. The third-order valence-corrected chi connectivity index (χ3v) is 5.08. The van der Waals surface area contributed by atoms with E-state index in [1.165, 1.54) is 12.2 Å². The Morgan fingerprint density at radius 2 is 1.39 bits per heavy atom. The Balaban J connectivity index is 1.92. The van der Waals surface area contributed by atoms with E-state index in [0.717, 1.165) is 0 Å². The van der Waals surface area contributed by atoms with Gasteiger partial charge in [-0.3, -0.25) is 9.59 Å². The molecule has 2 unspecified atom stereocenters. The number of aliphatic hydroxyl groups is 2. The van der Waals surface area contributed by atoms with Gasteiger partial charge in [0.1, 0.15) is 11.2 Å². The maximum absolute atomic E-state index is 11.5. The summed E-state index contributed by atoms with van der Waals surface area (Å²) in [5.74, 6) is -0.0761. The molecular formula is C14H14O4. The number of hydrogen-bond donors (Lipinski definition) is 2. The van der Waals surface area contributed by atoms with Gasteiger partial charge in [-0.1, -0.05) is 0 Å². The van der Waals surface area contributed by atoms with Crippen molar-refractivity contribution in [3.8, 4) is 0 Å². The van der Waals surface area contributed by atoms with Crippen LogP contribution in [-0.2, 0) is 9.59 Å². The molecule has 4 nitrogen and oxygen atoms in total. The van der Waals surface area contributed by atoms with E-state index in [1.807, 2.05) is 0 Å². The van der Waals surface area contributed by atoms with Crippen LogP contribution in [0.25, 0.3) is 0 Å². The lowest BCUT2D eigenvalue weighted by atomic mass is 9.84. The summed E-state index contributed by atoms with van der Waals surface area (Å²) in [4.78, 5) is 23.0.